The maximum absolute atomic E-state index is 12.2. The lowest BCUT2D eigenvalue weighted by molar-refractivity contribution is -0.133. The number of nitrogens with zero attached hydrogens (tertiary/aromatic N) is 4. The van der Waals surface area contributed by atoms with Gasteiger partial charge < -0.3 is 9.64 Å². The lowest BCUT2D eigenvalue weighted by Gasteiger charge is -2.33. The molecule has 2 rings (SSSR count). The van der Waals surface area contributed by atoms with Gasteiger partial charge in [0.2, 0.25) is 21.8 Å². The molecular formula is C13H20N4O4S. The largest absolute Gasteiger partial charge is 0.471 e. The zero-order chi connectivity index (χ0) is 16.2. The molecule has 0 bridgehead atoms. The SMILES string of the molecule is CN(CC(=O)N1CCCC(Oc2cnccn2)C1)S(C)(=O)=O. The Balaban J connectivity index is 1.91. The highest BCUT2D eigenvalue weighted by Crippen LogP contribution is 2.16. The summed E-state index contributed by atoms with van der Waals surface area (Å²) in [7, 11) is -1.97. The molecule has 2 heterocycles. The van der Waals surface area contributed by atoms with E-state index in [0.717, 1.165) is 23.4 Å². The van der Waals surface area contributed by atoms with Crippen LogP contribution in [0.15, 0.2) is 18.6 Å². The summed E-state index contributed by atoms with van der Waals surface area (Å²) >= 11 is 0. The van der Waals surface area contributed by atoms with Crippen molar-refractivity contribution in [1.29, 1.82) is 0 Å². The number of carbonyl (C=O) groups excluding carboxylic acids is 1. The van der Waals surface area contributed by atoms with E-state index < -0.39 is 10.0 Å². The van der Waals surface area contributed by atoms with Crippen LogP contribution in [0.1, 0.15) is 12.8 Å². The lowest BCUT2D eigenvalue weighted by atomic mass is 10.1. The molecule has 1 atom stereocenters. The number of rotatable bonds is 5. The predicted molar refractivity (Wildman–Crippen MR) is 79.7 cm³/mol. The van der Waals surface area contributed by atoms with Gasteiger partial charge in [0, 0.05) is 26.0 Å². The minimum absolute atomic E-state index is 0.155. The molecule has 1 amide bonds. The smallest absolute Gasteiger partial charge is 0.238 e. The maximum atomic E-state index is 12.2. The van der Waals surface area contributed by atoms with Gasteiger partial charge in [-0.3, -0.25) is 9.78 Å². The van der Waals surface area contributed by atoms with Gasteiger partial charge in [0.15, 0.2) is 0 Å². The van der Waals surface area contributed by atoms with Crippen LogP contribution in [0.2, 0.25) is 0 Å². The zero-order valence-corrected chi connectivity index (χ0v) is 13.5. The third-order valence-corrected chi connectivity index (χ3v) is 4.74. The Morgan fingerprint density at radius 1 is 1.50 bits per heavy atom. The summed E-state index contributed by atoms with van der Waals surface area (Å²) < 4.78 is 29.5. The first-order valence-electron chi connectivity index (χ1n) is 6.98. The van der Waals surface area contributed by atoms with Crippen molar-refractivity contribution in [1.82, 2.24) is 19.2 Å². The van der Waals surface area contributed by atoms with Gasteiger partial charge in [0.25, 0.3) is 0 Å². The fraction of sp³-hybridized carbons (Fsp3) is 0.615. The number of hydrogen-bond donors (Lipinski definition) is 0. The number of likely N-dealkylation sites (tertiary alicyclic amines) is 1. The van der Waals surface area contributed by atoms with Crippen LogP contribution in [-0.2, 0) is 14.8 Å². The van der Waals surface area contributed by atoms with E-state index >= 15 is 0 Å². The van der Waals surface area contributed by atoms with E-state index in [2.05, 4.69) is 9.97 Å². The molecule has 1 aliphatic rings. The van der Waals surface area contributed by atoms with Crippen molar-refractivity contribution in [3.63, 3.8) is 0 Å². The molecule has 1 aromatic rings. The van der Waals surface area contributed by atoms with Crippen molar-refractivity contribution in [2.45, 2.75) is 18.9 Å². The molecule has 9 heteroatoms. The fourth-order valence-electron chi connectivity index (χ4n) is 2.19. The molecule has 8 nitrogen and oxygen atoms in total. The Kier molecular flexibility index (Phi) is 5.30. The lowest BCUT2D eigenvalue weighted by Crippen LogP contribution is -2.48. The number of piperidine rings is 1. The third kappa shape index (κ3) is 4.63. The average Bonchev–Trinajstić information content (AvgIpc) is 2.47. The van der Waals surface area contributed by atoms with Gasteiger partial charge in [-0.2, -0.15) is 4.31 Å². The predicted octanol–water partition coefficient (Wildman–Crippen LogP) is -0.262. The van der Waals surface area contributed by atoms with Crippen LogP contribution < -0.4 is 4.74 Å². The summed E-state index contributed by atoms with van der Waals surface area (Å²) in [5.74, 6) is 0.204. The van der Waals surface area contributed by atoms with Gasteiger partial charge in [-0.1, -0.05) is 0 Å². The van der Waals surface area contributed by atoms with Crippen LogP contribution in [0.25, 0.3) is 0 Å². The summed E-state index contributed by atoms with van der Waals surface area (Å²) in [6.45, 7) is 0.875. The van der Waals surface area contributed by atoms with Gasteiger partial charge in [-0.15, -0.1) is 0 Å². The summed E-state index contributed by atoms with van der Waals surface area (Å²) in [6, 6.07) is 0. The van der Waals surface area contributed by atoms with Crippen LogP contribution in [0.3, 0.4) is 0 Å². The first-order valence-corrected chi connectivity index (χ1v) is 8.83. The van der Waals surface area contributed by atoms with Gasteiger partial charge >= 0.3 is 0 Å². The van der Waals surface area contributed by atoms with Crippen LogP contribution in [0.5, 0.6) is 5.88 Å². The monoisotopic (exact) mass is 328 g/mol. The molecule has 1 fully saturated rings. The van der Waals surface area contributed by atoms with E-state index in [-0.39, 0.29) is 18.6 Å². The van der Waals surface area contributed by atoms with E-state index in [1.165, 1.54) is 13.2 Å². The zero-order valence-electron chi connectivity index (χ0n) is 12.7. The number of amides is 1. The second kappa shape index (κ2) is 7.01. The number of sulfonamides is 1. The molecule has 1 aromatic heterocycles. The second-order valence-electron chi connectivity index (χ2n) is 5.28. The van der Waals surface area contributed by atoms with E-state index in [0.29, 0.717) is 19.0 Å². The quantitative estimate of drug-likeness (QED) is 0.739. The Hall–Kier alpha value is -1.74. The molecule has 0 aromatic carbocycles. The van der Waals surface area contributed by atoms with Crippen LogP contribution in [0, 0.1) is 0 Å². The highest BCUT2D eigenvalue weighted by molar-refractivity contribution is 7.88. The molecule has 0 saturated carbocycles. The number of hydrogen-bond acceptors (Lipinski definition) is 6. The average molecular weight is 328 g/mol. The maximum Gasteiger partial charge on any atom is 0.238 e. The van der Waals surface area contributed by atoms with Gasteiger partial charge in [0.05, 0.1) is 25.5 Å². The van der Waals surface area contributed by atoms with E-state index in [1.54, 1.807) is 17.3 Å². The van der Waals surface area contributed by atoms with E-state index in [9.17, 15) is 13.2 Å². The third-order valence-electron chi connectivity index (χ3n) is 3.48. The summed E-state index contributed by atoms with van der Waals surface area (Å²) in [5.41, 5.74) is 0. The molecule has 122 valence electrons. The molecule has 1 unspecified atom stereocenters. The van der Waals surface area contributed by atoms with Crippen molar-refractivity contribution in [3.8, 4) is 5.88 Å². The Morgan fingerprint density at radius 3 is 2.91 bits per heavy atom. The molecule has 0 radical (unpaired) electrons. The minimum atomic E-state index is -3.36. The second-order valence-corrected chi connectivity index (χ2v) is 7.37. The topological polar surface area (TPSA) is 92.7 Å². The normalized spacial score (nSPS) is 19.2. The van der Waals surface area contributed by atoms with Crippen LogP contribution >= 0.6 is 0 Å². The molecular weight excluding hydrogens is 308 g/mol. The van der Waals surface area contributed by atoms with Crippen molar-refractivity contribution in [3.05, 3.63) is 18.6 Å². The first-order chi connectivity index (χ1) is 10.4. The molecule has 0 aliphatic carbocycles. The van der Waals surface area contributed by atoms with E-state index in [1.807, 2.05) is 0 Å². The van der Waals surface area contributed by atoms with Crippen molar-refractivity contribution in [2.75, 3.05) is 32.9 Å². The number of ether oxygens (including phenoxy) is 1. The Morgan fingerprint density at radius 2 is 2.27 bits per heavy atom. The molecule has 1 saturated heterocycles. The van der Waals surface area contributed by atoms with E-state index in [4.69, 9.17) is 4.74 Å². The number of likely N-dealkylation sites (N-methyl/N-ethyl adjacent to an activating group) is 1. The fourth-order valence-corrected chi connectivity index (χ4v) is 2.53. The van der Waals surface area contributed by atoms with Gasteiger partial charge in [-0.05, 0) is 12.8 Å². The minimum Gasteiger partial charge on any atom is -0.471 e. The molecule has 0 N–H and O–H groups in total. The summed E-state index contributed by atoms with van der Waals surface area (Å²) in [6.07, 6.45) is 7.18. The van der Waals surface area contributed by atoms with Crippen LogP contribution in [-0.4, -0.2) is 72.5 Å². The van der Waals surface area contributed by atoms with Crippen molar-refractivity contribution >= 4 is 15.9 Å². The van der Waals surface area contributed by atoms with Crippen molar-refractivity contribution < 1.29 is 17.9 Å². The van der Waals surface area contributed by atoms with Gasteiger partial charge in [0.1, 0.15) is 6.10 Å². The number of carbonyl (C=O) groups is 1. The summed E-state index contributed by atoms with van der Waals surface area (Å²) in [5, 5.41) is 0. The van der Waals surface area contributed by atoms with Crippen LogP contribution in [0.4, 0.5) is 0 Å². The Labute approximate surface area is 130 Å². The first kappa shape index (κ1) is 16.6. The Bertz CT molecular complexity index is 608. The van der Waals surface area contributed by atoms with Gasteiger partial charge in [-0.25, -0.2) is 13.4 Å². The molecule has 0 spiro atoms. The summed E-state index contributed by atoms with van der Waals surface area (Å²) in [4.78, 5) is 21.8. The highest BCUT2D eigenvalue weighted by Gasteiger charge is 2.27. The van der Waals surface area contributed by atoms with Crippen molar-refractivity contribution in [2.24, 2.45) is 0 Å². The molecule has 1 aliphatic heterocycles. The highest BCUT2D eigenvalue weighted by atomic mass is 32.2. The number of aromatic nitrogens is 2. The molecule has 22 heavy (non-hydrogen) atoms. The standard InChI is InChI=1S/C13H20N4O4S/c1-16(22(2,19)20)10-13(18)17-7-3-4-11(9-17)21-12-8-14-5-6-15-12/h5-6,8,11H,3-4,7,9-10H2,1-2H3.